The first kappa shape index (κ1) is 20.9. The van der Waals surface area contributed by atoms with Crippen LogP contribution in [-0.4, -0.2) is 60.7 Å². The Balaban J connectivity index is 1.47. The quantitative estimate of drug-likeness (QED) is 0.595. The molecule has 0 spiro atoms. The van der Waals surface area contributed by atoms with Crippen LogP contribution in [0.4, 0.5) is 5.82 Å². The Morgan fingerprint density at radius 2 is 2.03 bits per heavy atom. The second-order valence-electron chi connectivity index (χ2n) is 7.97. The lowest BCUT2D eigenvalue weighted by molar-refractivity contribution is 0.0737. The number of hydrogen-bond donors (Lipinski definition) is 0. The first-order valence-electron chi connectivity index (χ1n) is 10.9. The zero-order valence-corrected chi connectivity index (χ0v) is 18.9. The summed E-state index contributed by atoms with van der Waals surface area (Å²) in [4.78, 5) is 27.9. The van der Waals surface area contributed by atoms with E-state index in [-0.39, 0.29) is 5.91 Å². The van der Waals surface area contributed by atoms with Crippen molar-refractivity contribution in [1.29, 1.82) is 0 Å². The summed E-state index contributed by atoms with van der Waals surface area (Å²) < 4.78 is 10.9. The third-order valence-corrected chi connectivity index (χ3v) is 6.77. The van der Waals surface area contributed by atoms with Crippen molar-refractivity contribution in [2.45, 2.75) is 19.4 Å². The van der Waals surface area contributed by atoms with Gasteiger partial charge in [-0.1, -0.05) is 18.2 Å². The van der Waals surface area contributed by atoms with E-state index in [1.165, 1.54) is 11.3 Å². The van der Waals surface area contributed by atoms with Gasteiger partial charge in [0.15, 0.2) is 0 Å². The number of amides is 1. The Morgan fingerprint density at radius 3 is 2.81 bits per heavy atom. The lowest BCUT2D eigenvalue weighted by atomic mass is 10.0. The molecule has 0 unspecified atom stereocenters. The molecule has 1 amide bonds. The Kier molecular flexibility index (Phi) is 6.05. The Morgan fingerprint density at radius 1 is 1.16 bits per heavy atom. The van der Waals surface area contributed by atoms with E-state index in [0.717, 1.165) is 58.6 Å². The van der Waals surface area contributed by atoms with E-state index in [2.05, 4.69) is 11.0 Å². The molecule has 0 saturated carbocycles. The van der Waals surface area contributed by atoms with Crippen molar-refractivity contribution in [3.63, 3.8) is 0 Å². The highest BCUT2D eigenvalue weighted by atomic mass is 32.1. The first-order chi connectivity index (χ1) is 15.7. The van der Waals surface area contributed by atoms with Crippen molar-refractivity contribution in [1.82, 2.24) is 14.9 Å². The monoisotopic (exact) mass is 450 g/mol. The van der Waals surface area contributed by atoms with Gasteiger partial charge < -0.3 is 19.3 Å². The SMILES string of the molecule is COc1cccc(Cc2nc3c(c(N4CCOCC4)n2)CN(C(=O)c2cccs2)CC3)c1. The van der Waals surface area contributed by atoms with Crippen molar-refractivity contribution in [2.24, 2.45) is 0 Å². The second kappa shape index (κ2) is 9.26. The highest BCUT2D eigenvalue weighted by Gasteiger charge is 2.29. The van der Waals surface area contributed by atoms with E-state index in [4.69, 9.17) is 19.4 Å². The molecular formula is C24H26N4O3S. The second-order valence-corrected chi connectivity index (χ2v) is 8.92. The average molecular weight is 451 g/mol. The van der Waals surface area contributed by atoms with E-state index in [9.17, 15) is 4.79 Å². The van der Waals surface area contributed by atoms with Crippen LogP contribution in [0.3, 0.4) is 0 Å². The fourth-order valence-electron chi connectivity index (χ4n) is 4.26. The average Bonchev–Trinajstić information content (AvgIpc) is 3.38. The lowest BCUT2D eigenvalue weighted by Crippen LogP contribution is -2.41. The van der Waals surface area contributed by atoms with Crippen LogP contribution >= 0.6 is 11.3 Å². The summed E-state index contributed by atoms with van der Waals surface area (Å²) in [5.74, 6) is 2.66. The molecule has 0 radical (unpaired) electrons. The first-order valence-corrected chi connectivity index (χ1v) is 11.8. The van der Waals surface area contributed by atoms with Gasteiger partial charge in [-0.2, -0.15) is 0 Å². The van der Waals surface area contributed by atoms with Gasteiger partial charge in [0.05, 0.1) is 37.4 Å². The topological polar surface area (TPSA) is 67.8 Å². The number of morpholine rings is 1. The number of methoxy groups -OCH3 is 1. The molecule has 4 heterocycles. The summed E-state index contributed by atoms with van der Waals surface area (Å²) in [6, 6.07) is 11.8. The van der Waals surface area contributed by atoms with Crippen LogP contribution in [-0.2, 0) is 24.1 Å². The summed E-state index contributed by atoms with van der Waals surface area (Å²) in [5, 5.41) is 1.94. The standard InChI is InChI=1S/C24H26N4O3S/c1-30-18-5-2-4-17(14-18)15-22-25-20-7-8-28(24(29)21-6-3-13-32-21)16-19(20)23(26-22)27-9-11-31-12-10-27/h2-6,13-14H,7-12,15-16H2,1H3. The van der Waals surface area contributed by atoms with Gasteiger partial charge in [0.25, 0.3) is 5.91 Å². The predicted octanol–water partition coefficient (Wildman–Crippen LogP) is 3.17. The molecule has 1 fully saturated rings. The van der Waals surface area contributed by atoms with Crippen LogP contribution in [0.5, 0.6) is 5.75 Å². The number of ether oxygens (including phenoxy) is 2. The zero-order chi connectivity index (χ0) is 21.9. The number of carbonyl (C=O) groups is 1. The Bertz CT molecular complexity index is 1100. The van der Waals surface area contributed by atoms with Crippen molar-refractivity contribution < 1.29 is 14.3 Å². The smallest absolute Gasteiger partial charge is 0.264 e. The molecule has 0 atom stereocenters. The Hall–Kier alpha value is -2.97. The molecule has 2 aliphatic rings. The van der Waals surface area contributed by atoms with Crippen LogP contribution < -0.4 is 9.64 Å². The molecule has 0 bridgehead atoms. The third-order valence-electron chi connectivity index (χ3n) is 5.91. The van der Waals surface area contributed by atoms with Crippen LogP contribution in [0, 0.1) is 0 Å². The summed E-state index contributed by atoms with van der Waals surface area (Å²) in [7, 11) is 1.67. The number of aromatic nitrogens is 2. The number of thiophene rings is 1. The summed E-state index contributed by atoms with van der Waals surface area (Å²) in [6.07, 6.45) is 1.37. The van der Waals surface area contributed by atoms with Gasteiger partial charge in [-0.05, 0) is 29.1 Å². The number of hydrogen-bond acceptors (Lipinski definition) is 7. The highest BCUT2D eigenvalue weighted by molar-refractivity contribution is 7.12. The summed E-state index contributed by atoms with van der Waals surface area (Å²) in [5.41, 5.74) is 3.23. The highest BCUT2D eigenvalue weighted by Crippen LogP contribution is 2.29. The predicted molar refractivity (Wildman–Crippen MR) is 124 cm³/mol. The summed E-state index contributed by atoms with van der Waals surface area (Å²) >= 11 is 1.49. The van der Waals surface area contributed by atoms with E-state index < -0.39 is 0 Å². The van der Waals surface area contributed by atoms with Crippen molar-refractivity contribution in [3.05, 3.63) is 69.3 Å². The number of carbonyl (C=O) groups excluding carboxylic acids is 1. The Labute approximate surface area is 191 Å². The molecule has 0 aliphatic carbocycles. The maximum absolute atomic E-state index is 13.0. The molecule has 2 aliphatic heterocycles. The van der Waals surface area contributed by atoms with E-state index in [0.29, 0.717) is 32.7 Å². The van der Waals surface area contributed by atoms with E-state index >= 15 is 0 Å². The zero-order valence-electron chi connectivity index (χ0n) is 18.1. The van der Waals surface area contributed by atoms with Gasteiger partial charge >= 0.3 is 0 Å². The van der Waals surface area contributed by atoms with Gasteiger partial charge in [0.2, 0.25) is 0 Å². The van der Waals surface area contributed by atoms with Gasteiger partial charge in [-0.15, -0.1) is 11.3 Å². The van der Waals surface area contributed by atoms with Crippen molar-refractivity contribution in [2.75, 3.05) is 44.9 Å². The third kappa shape index (κ3) is 4.33. The molecule has 166 valence electrons. The lowest BCUT2D eigenvalue weighted by Gasteiger charge is -2.34. The molecule has 0 N–H and O–H groups in total. The maximum atomic E-state index is 13.0. The molecule has 8 heteroatoms. The number of rotatable bonds is 5. The van der Waals surface area contributed by atoms with Gasteiger partial charge in [-0.3, -0.25) is 4.79 Å². The number of nitrogens with zero attached hydrogens (tertiary/aromatic N) is 4. The number of anilines is 1. The number of benzene rings is 1. The molecule has 3 aromatic rings. The van der Waals surface area contributed by atoms with Crippen LogP contribution in [0.1, 0.15) is 32.3 Å². The number of fused-ring (bicyclic) bond motifs is 1. The molecule has 1 aromatic carbocycles. The fourth-order valence-corrected chi connectivity index (χ4v) is 4.95. The normalized spacial score (nSPS) is 16.0. The van der Waals surface area contributed by atoms with Gasteiger partial charge in [0, 0.05) is 38.0 Å². The van der Waals surface area contributed by atoms with Crippen LogP contribution in [0.2, 0.25) is 0 Å². The van der Waals surface area contributed by atoms with Crippen molar-refractivity contribution >= 4 is 23.1 Å². The van der Waals surface area contributed by atoms with Gasteiger partial charge in [0.1, 0.15) is 17.4 Å². The van der Waals surface area contributed by atoms with Crippen molar-refractivity contribution in [3.8, 4) is 5.75 Å². The minimum Gasteiger partial charge on any atom is -0.497 e. The van der Waals surface area contributed by atoms with E-state index in [1.54, 1.807) is 7.11 Å². The molecular weight excluding hydrogens is 424 g/mol. The molecule has 2 aromatic heterocycles. The fraction of sp³-hybridized carbons (Fsp3) is 0.375. The maximum Gasteiger partial charge on any atom is 0.264 e. The molecule has 32 heavy (non-hydrogen) atoms. The molecule has 7 nitrogen and oxygen atoms in total. The molecule has 5 rings (SSSR count). The van der Waals surface area contributed by atoms with E-state index in [1.807, 2.05) is 40.6 Å². The molecule has 1 saturated heterocycles. The largest absolute Gasteiger partial charge is 0.497 e. The summed E-state index contributed by atoms with van der Waals surface area (Å²) in [6.45, 7) is 4.16. The van der Waals surface area contributed by atoms with Crippen LogP contribution in [0.25, 0.3) is 0 Å². The van der Waals surface area contributed by atoms with Gasteiger partial charge in [-0.25, -0.2) is 9.97 Å². The van der Waals surface area contributed by atoms with Crippen LogP contribution in [0.15, 0.2) is 41.8 Å². The minimum absolute atomic E-state index is 0.0824. The minimum atomic E-state index is 0.0824.